The number of carbonyl (C=O) groups is 3. The van der Waals surface area contributed by atoms with Gasteiger partial charge in [-0.1, -0.05) is 44.2 Å². The fourth-order valence-electron chi connectivity index (χ4n) is 4.34. The summed E-state index contributed by atoms with van der Waals surface area (Å²) in [5, 5.41) is 7.93. The maximum Gasteiger partial charge on any atom is 0.246 e. The van der Waals surface area contributed by atoms with Crippen molar-refractivity contribution in [2.75, 3.05) is 6.54 Å². The molecule has 2 aromatic heterocycles. The van der Waals surface area contributed by atoms with Gasteiger partial charge in [-0.25, -0.2) is 4.98 Å². The van der Waals surface area contributed by atoms with Crippen molar-refractivity contribution in [3.8, 4) is 0 Å². The number of H-pyrrole nitrogens is 1. The highest BCUT2D eigenvalue weighted by atomic mass is 32.1. The maximum absolute atomic E-state index is 13.8. The zero-order valence-electron chi connectivity index (χ0n) is 20.0. The molecule has 0 saturated heterocycles. The summed E-state index contributed by atoms with van der Waals surface area (Å²) in [7, 11) is 0. The fourth-order valence-corrected chi connectivity index (χ4v) is 5.05. The lowest BCUT2D eigenvalue weighted by atomic mass is 9.91. The number of nitrogens with one attached hydrogen (secondary N) is 3. The second-order valence-electron chi connectivity index (χ2n) is 9.12. The lowest BCUT2D eigenvalue weighted by Crippen LogP contribution is -2.59. The van der Waals surface area contributed by atoms with Crippen LogP contribution in [0.5, 0.6) is 0 Å². The first-order valence-corrected chi connectivity index (χ1v) is 12.7. The van der Waals surface area contributed by atoms with E-state index in [1.165, 1.54) is 11.2 Å². The number of aromatic nitrogens is 2. The first kappa shape index (κ1) is 24.7. The van der Waals surface area contributed by atoms with Gasteiger partial charge in [-0.3, -0.25) is 14.4 Å². The van der Waals surface area contributed by atoms with Crippen LogP contribution < -0.4 is 10.6 Å². The molecule has 1 aromatic carbocycles. The Balaban J connectivity index is 1.49. The molecular weight excluding hydrogens is 462 g/mol. The predicted octanol–water partition coefficient (Wildman–Crippen LogP) is 2.47. The van der Waals surface area contributed by atoms with Gasteiger partial charge in [0.25, 0.3) is 0 Å². The lowest BCUT2D eigenvalue weighted by Gasteiger charge is -2.38. The quantitative estimate of drug-likeness (QED) is 0.426. The van der Waals surface area contributed by atoms with Gasteiger partial charge in [-0.05, 0) is 34.9 Å². The van der Waals surface area contributed by atoms with Crippen LogP contribution in [-0.2, 0) is 40.2 Å². The van der Waals surface area contributed by atoms with Crippen LogP contribution in [0.15, 0.2) is 54.3 Å². The van der Waals surface area contributed by atoms with Gasteiger partial charge in [0.1, 0.15) is 12.1 Å². The molecule has 4 rings (SSSR count). The van der Waals surface area contributed by atoms with Crippen molar-refractivity contribution in [3.05, 3.63) is 76.0 Å². The molecule has 8 nitrogen and oxygen atoms in total. The van der Waals surface area contributed by atoms with E-state index in [1.54, 1.807) is 22.4 Å². The number of hydrogen-bond donors (Lipinski definition) is 3. The summed E-state index contributed by atoms with van der Waals surface area (Å²) in [5.74, 6) is -0.829. The van der Waals surface area contributed by atoms with Crippen molar-refractivity contribution in [1.29, 1.82) is 0 Å². The number of nitrogens with zero attached hydrogens (tertiary/aromatic N) is 2. The van der Waals surface area contributed by atoms with E-state index < -0.39 is 12.1 Å². The molecule has 35 heavy (non-hydrogen) atoms. The minimum atomic E-state index is -0.739. The monoisotopic (exact) mass is 493 g/mol. The highest BCUT2D eigenvalue weighted by Crippen LogP contribution is 2.25. The average Bonchev–Trinajstić information content (AvgIpc) is 3.55. The molecule has 3 heterocycles. The molecule has 0 spiro atoms. The van der Waals surface area contributed by atoms with Crippen molar-refractivity contribution in [2.24, 2.45) is 5.92 Å². The number of carbonyl (C=O) groups excluding carboxylic acids is 3. The highest BCUT2D eigenvalue weighted by Gasteiger charge is 2.38. The van der Waals surface area contributed by atoms with E-state index in [1.807, 2.05) is 55.6 Å². The minimum Gasteiger partial charge on any atom is -0.354 e. The fraction of sp³-hybridized carbons (Fsp3) is 0.385. The summed E-state index contributed by atoms with van der Waals surface area (Å²) >= 11 is 1.66. The predicted molar refractivity (Wildman–Crippen MR) is 135 cm³/mol. The van der Waals surface area contributed by atoms with Crippen molar-refractivity contribution in [2.45, 2.75) is 51.7 Å². The van der Waals surface area contributed by atoms with E-state index in [-0.39, 0.29) is 30.1 Å². The number of hydrogen-bond acceptors (Lipinski definition) is 5. The molecule has 1 aliphatic rings. The van der Waals surface area contributed by atoms with Crippen molar-refractivity contribution in [3.63, 3.8) is 0 Å². The molecule has 1 aliphatic heterocycles. The Hall–Kier alpha value is -3.46. The third-order valence-electron chi connectivity index (χ3n) is 6.24. The van der Waals surface area contributed by atoms with Gasteiger partial charge in [0.05, 0.1) is 12.7 Å². The summed E-state index contributed by atoms with van der Waals surface area (Å²) in [4.78, 5) is 49.4. The van der Waals surface area contributed by atoms with Crippen LogP contribution in [0, 0.1) is 5.92 Å². The first-order chi connectivity index (χ1) is 16.9. The van der Waals surface area contributed by atoms with Gasteiger partial charge in [0, 0.05) is 36.3 Å². The van der Waals surface area contributed by atoms with Crippen LogP contribution >= 0.6 is 11.3 Å². The highest BCUT2D eigenvalue weighted by molar-refractivity contribution is 7.09. The molecule has 0 fully saturated rings. The number of amides is 3. The minimum absolute atomic E-state index is 0.103. The molecule has 0 radical (unpaired) electrons. The van der Waals surface area contributed by atoms with E-state index in [0.29, 0.717) is 25.2 Å². The van der Waals surface area contributed by atoms with Gasteiger partial charge in [0.15, 0.2) is 0 Å². The van der Waals surface area contributed by atoms with Crippen molar-refractivity contribution < 1.29 is 14.4 Å². The molecule has 184 valence electrons. The van der Waals surface area contributed by atoms with Crippen LogP contribution in [0.1, 0.15) is 35.5 Å². The van der Waals surface area contributed by atoms with Crippen LogP contribution in [0.4, 0.5) is 0 Å². The molecule has 0 saturated carbocycles. The number of imidazole rings is 1. The van der Waals surface area contributed by atoms with E-state index in [9.17, 15) is 14.4 Å². The third kappa shape index (κ3) is 6.16. The standard InChI is InChI=1S/C26H31N5O3S/c1-17(2)24(30-23(32)13-20-14-27-16-29-20)26(34)31-15-19-7-4-3-6-18(19)12-22(31)25(33)28-10-9-21-8-5-11-35-21/h3-8,11,14,16-17,22,24H,9-10,12-13,15H2,1-2H3,(H,27,29)(H,28,33)(H,30,32)/t22-,24-/m0/s1. The molecule has 0 bridgehead atoms. The lowest BCUT2D eigenvalue weighted by molar-refractivity contribution is -0.145. The van der Waals surface area contributed by atoms with Gasteiger partial charge in [-0.2, -0.15) is 0 Å². The zero-order valence-corrected chi connectivity index (χ0v) is 20.8. The largest absolute Gasteiger partial charge is 0.354 e. The third-order valence-corrected chi connectivity index (χ3v) is 7.18. The van der Waals surface area contributed by atoms with Gasteiger partial charge >= 0.3 is 0 Å². The zero-order chi connectivity index (χ0) is 24.8. The Morgan fingerprint density at radius 1 is 1.17 bits per heavy atom. The Labute approximate surface area is 209 Å². The van der Waals surface area contributed by atoms with E-state index in [4.69, 9.17) is 0 Å². The number of aromatic amines is 1. The Morgan fingerprint density at radius 2 is 1.97 bits per heavy atom. The SMILES string of the molecule is CC(C)[C@H](NC(=O)Cc1cnc[nH]1)C(=O)N1Cc2ccccc2C[C@H]1C(=O)NCCc1cccs1. The average molecular weight is 494 g/mol. The van der Waals surface area contributed by atoms with Crippen LogP contribution in [0.3, 0.4) is 0 Å². The molecule has 3 N–H and O–H groups in total. The first-order valence-electron chi connectivity index (χ1n) is 11.9. The molecule has 9 heteroatoms. The summed E-state index contributed by atoms with van der Waals surface area (Å²) in [5.41, 5.74) is 2.77. The smallest absolute Gasteiger partial charge is 0.246 e. The van der Waals surface area contributed by atoms with Gasteiger partial charge < -0.3 is 20.5 Å². The molecule has 0 unspecified atom stereocenters. The van der Waals surface area contributed by atoms with Gasteiger partial charge in [0.2, 0.25) is 17.7 Å². The molecular formula is C26H31N5O3S. The van der Waals surface area contributed by atoms with E-state index in [0.717, 1.165) is 17.5 Å². The Kier molecular flexibility index (Phi) is 7.97. The van der Waals surface area contributed by atoms with Crippen LogP contribution in [-0.4, -0.2) is 51.2 Å². The molecule has 3 aromatic rings. The Morgan fingerprint density at radius 3 is 2.66 bits per heavy atom. The second kappa shape index (κ2) is 11.3. The topological polar surface area (TPSA) is 107 Å². The number of fused-ring (bicyclic) bond motifs is 1. The maximum atomic E-state index is 13.8. The molecule has 3 amide bonds. The summed E-state index contributed by atoms with van der Waals surface area (Å²) in [6.07, 6.45) is 4.40. The number of rotatable bonds is 9. The normalized spacial score (nSPS) is 16.0. The van der Waals surface area contributed by atoms with Crippen molar-refractivity contribution >= 4 is 29.1 Å². The van der Waals surface area contributed by atoms with Crippen LogP contribution in [0.2, 0.25) is 0 Å². The molecule has 2 atom stereocenters. The number of benzene rings is 1. The summed E-state index contributed by atoms with van der Waals surface area (Å²) < 4.78 is 0. The summed E-state index contributed by atoms with van der Waals surface area (Å²) in [6, 6.07) is 10.6. The van der Waals surface area contributed by atoms with Crippen molar-refractivity contribution in [1.82, 2.24) is 25.5 Å². The number of thiophene rings is 1. The molecule has 0 aliphatic carbocycles. The summed E-state index contributed by atoms with van der Waals surface area (Å²) in [6.45, 7) is 4.63. The van der Waals surface area contributed by atoms with E-state index >= 15 is 0 Å². The van der Waals surface area contributed by atoms with E-state index in [2.05, 4.69) is 20.6 Å². The Bertz CT molecular complexity index is 1140. The van der Waals surface area contributed by atoms with Crippen LogP contribution in [0.25, 0.3) is 0 Å². The van der Waals surface area contributed by atoms with Gasteiger partial charge in [-0.15, -0.1) is 11.3 Å². The second-order valence-corrected chi connectivity index (χ2v) is 10.2.